The average Bonchev–Trinajstić information content (AvgIpc) is 1.83. The third kappa shape index (κ3) is 3.07. The van der Waals surface area contributed by atoms with E-state index in [1.54, 1.807) is 0 Å². The molecule has 0 saturated carbocycles. The van der Waals surface area contributed by atoms with Gasteiger partial charge in [0.05, 0.1) is 0 Å². The zero-order valence-electron chi connectivity index (χ0n) is 4.99. The number of hydrogen-bond donors (Lipinski definition) is 0. The molecule has 0 heteroatoms. The minimum atomic E-state index is 0.884. The molecule has 0 heterocycles. The van der Waals surface area contributed by atoms with E-state index in [0.29, 0.717) is 0 Å². The normalized spacial score (nSPS) is 6.00. The predicted octanol–water partition coefficient (Wildman–Crippen LogP) is 1.59. The van der Waals surface area contributed by atoms with Crippen LogP contribution in [-0.4, -0.2) is 0 Å². The van der Waals surface area contributed by atoms with Crippen molar-refractivity contribution in [3.05, 3.63) is 12.2 Å². The predicted molar refractivity (Wildman–Crippen MR) is 36.0 cm³/mol. The Kier molecular flexibility index (Phi) is 3.46. The molecule has 0 unspecified atom stereocenters. The van der Waals surface area contributed by atoms with Gasteiger partial charge in [0.15, 0.2) is 0 Å². The first-order chi connectivity index (χ1) is 3.81. The molecule has 0 spiro atoms. The van der Waals surface area contributed by atoms with Gasteiger partial charge in [-0.05, 0) is 23.8 Å². The van der Waals surface area contributed by atoms with Crippen LogP contribution in [0.1, 0.15) is 13.3 Å². The minimum absolute atomic E-state index is 0.884. The molecule has 0 aromatic carbocycles. The second kappa shape index (κ2) is 4.03. The van der Waals surface area contributed by atoms with Crippen LogP contribution in [0.15, 0.2) is 12.2 Å². The number of rotatable bonds is 1. The summed E-state index contributed by atoms with van der Waals surface area (Å²) in [5.41, 5.74) is 0.892. The lowest BCUT2D eigenvalue weighted by atomic mass is 10.2. The van der Waals surface area contributed by atoms with Crippen molar-refractivity contribution in [3.8, 4) is 24.2 Å². The Labute approximate surface area is 50.6 Å². The zero-order valence-corrected chi connectivity index (χ0v) is 4.99. The summed E-state index contributed by atoms with van der Waals surface area (Å²) in [6.07, 6.45) is 5.75. The molecule has 0 radical (unpaired) electrons. The zero-order chi connectivity index (χ0) is 6.41. The van der Waals surface area contributed by atoms with Crippen LogP contribution in [0.5, 0.6) is 0 Å². The summed E-state index contributed by atoms with van der Waals surface area (Å²) in [7, 11) is 0. The van der Waals surface area contributed by atoms with Gasteiger partial charge in [-0.1, -0.05) is 19.4 Å². The van der Waals surface area contributed by atoms with Crippen molar-refractivity contribution in [2.75, 3.05) is 0 Å². The van der Waals surface area contributed by atoms with Gasteiger partial charge in [-0.3, -0.25) is 0 Å². The van der Waals surface area contributed by atoms with Crippen LogP contribution in [0.25, 0.3) is 0 Å². The second-order valence-electron chi connectivity index (χ2n) is 1.35. The Morgan fingerprint density at radius 3 is 2.75 bits per heavy atom. The van der Waals surface area contributed by atoms with Crippen molar-refractivity contribution >= 4 is 0 Å². The molecular weight excluding hydrogens is 96.1 g/mol. The van der Waals surface area contributed by atoms with Gasteiger partial charge in [0.25, 0.3) is 0 Å². The highest BCUT2D eigenvalue weighted by molar-refractivity contribution is 5.33. The van der Waals surface area contributed by atoms with E-state index in [1.807, 2.05) is 6.92 Å². The van der Waals surface area contributed by atoms with Gasteiger partial charge in [0.1, 0.15) is 0 Å². The van der Waals surface area contributed by atoms with Crippen molar-refractivity contribution in [1.82, 2.24) is 0 Å². The molecule has 0 saturated heterocycles. The van der Waals surface area contributed by atoms with Gasteiger partial charge >= 0.3 is 0 Å². The quantitative estimate of drug-likeness (QED) is 0.443. The van der Waals surface area contributed by atoms with Crippen LogP contribution in [0.2, 0.25) is 0 Å². The van der Waals surface area contributed by atoms with Gasteiger partial charge in [0, 0.05) is 0 Å². The first kappa shape index (κ1) is 6.86. The maximum Gasteiger partial charge on any atom is -0.00440 e. The molecule has 0 aliphatic rings. The van der Waals surface area contributed by atoms with Crippen LogP contribution in [0, 0.1) is 24.2 Å². The Morgan fingerprint density at radius 1 is 1.75 bits per heavy atom. The van der Waals surface area contributed by atoms with Crippen molar-refractivity contribution in [2.24, 2.45) is 0 Å². The highest BCUT2D eigenvalue weighted by atomic mass is 13.8. The van der Waals surface area contributed by atoms with Gasteiger partial charge < -0.3 is 0 Å². The van der Waals surface area contributed by atoms with Crippen LogP contribution in [0.4, 0.5) is 0 Å². The summed E-state index contributed by atoms with van der Waals surface area (Å²) in [6, 6.07) is 0. The summed E-state index contributed by atoms with van der Waals surface area (Å²) < 4.78 is 0. The molecule has 0 fully saturated rings. The third-order valence-electron chi connectivity index (χ3n) is 0.738. The first-order valence-corrected chi connectivity index (χ1v) is 2.45. The lowest BCUT2D eigenvalue weighted by Crippen LogP contribution is -1.67. The molecule has 0 aliphatic carbocycles. The van der Waals surface area contributed by atoms with Crippen molar-refractivity contribution in [1.29, 1.82) is 0 Å². The summed E-state index contributed by atoms with van der Waals surface area (Å²) >= 11 is 0. The molecule has 0 atom stereocenters. The molecule has 0 nitrogen and oxygen atoms in total. The summed E-state index contributed by atoms with van der Waals surface area (Å²) in [4.78, 5) is 0. The molecule has 8 heavy (non-hydrogen) atoms. The van der Waals surface area contributed by atoms with Gasteiger partial charge in [-0.2, -0.15) is 0 Å². The summed E-state index contributed by atoms with van der Waals surface area (Å²) in [5.74, 6) is 7.39. The molecule has 0 aromatic rings. The average molecular weight is 104 g/mol. The third-order valence-corrected chi connectivity index (χ3v) is 0.738. The summed E-state index contributed by atoms with van der Waals surface area (Å²) in [6.45, 7) is 5.64. The van der Waals surface area contributed by atoms with Crippen LogP contribution >= 0.6 is 0 Å². The maximum atomic E-state index is 4.87. The van der Waals surface area contributed by atoms with E-state index in [4.69, 9.17) is 6.42 Å². The van der Waals surface area contributed by atoms with Gasteiger partial charge in [0.2, 0.25) is 0 Å². The first-order valence-electron chi connectivity index (χ1n) is 2.45. The van der Waals surface area contributed by atoms with Crippen molar-refractivity contribution < 1.29 is 0 Å². The SMILES string of the molecule is C#CC#CC(=C)CC. The fourth-order valence-electron chi connectivity index (χ4n) is 0.213. The van der Waals surface area contributed by atoms with E-state index in [0.717, 1.165) is 12.0 Å². The monoisotopic (exact) mass is 104 g/mol. The minimum Gasteiger partial charge on any atom is -0.106 e. The van der Waals surface area contributed by atoms with Gasteiger partial charge in [-0.15, -0.1) is 6.42 Å². The van der Waals surface area contributed by atoms with E-state index >= 15 is 0 Å². The van der Waals surface area contributed by atoms with Gasteiger partial charge in [-0.25, -0.2) is 0 Å². The molecule has 0 N–H and O–H groups in total. The van der Waals surface area contributed by atoms with Crippen molar-refractivity contribution in [2.45, 2.75) is 13.3 Å². The Morgan fingerprint density at radius 2 is 2.38 bits per heavy atom. The van der Waals surface area contributed by atoms with E-state index in [9.17, 15) is 0 Å². The molecule has 0 bridgehead atoms. The molecule has 0 aromatic heterocycles. The largest absolute Gasteiger partial charge is 0.106 e. The highest BCUT2D eigenvalue weighted by Gasteiger charge is 1.75. The lowest BCUT2D eigenvalue weighted by Gasteiger charge is -1.80. The van der Waals surface area contributed by atoms with E-state index in [1.165, 1.54) is 0 Å². The van der Waals surface area contributed by atoms with Crippen LogP contribution in [0.3, 0.4) is 0 Å². The maximum absolute atomic E-state index is 4.87. The lowest BCUT2D eigenvalue weighted by molar-refractivity contribution is 1.17. The smallest absolute Gasteiger partial charge is 0.00440 e. The molecular formula is C8H8. The van der Waals surface area contributed by atoms with E-state index in [2.05, 4.69) is 24.3 Å². The Hall–Kier alpha value is -1.14. The molecule has 0 aliphatic heterocycles. The molecule has 0 rings (SSSR count). The van der Waals surface area contributed by atoms with E-state index < -0.39 is 0 Å². The highest BCUT2D eigenvalue weighted by Crippen LogP contribution is 1.90. The van der Waals surface area contributed by atoms with E-state index in [-0.39, 0.29) is 0 Å². The second-order valence-corrected chi connectivity index (χ2v) is 1.35. The fourth-order valence-corrected chi connectivity index (χ4v) is 0.213. The number of hydrogen-bond acceptors (Lipinski definition) is 0. The number of allylic oxidation sites excluding steroid dienone is 1. The molecule has 0 amide bonds. The summed E-state index contributed by atoms with van der Waals surface area (Å²) in [5, 5.41) is 0. The van der Waals surface area contributed by atoms with Crippen molar-refractivity contribution in [3.63, 3.8) is 0 Å². The topological polar surface area (TPSA) is 0 Å². The molecule has 40 valence electrons. The fraction of sp³-hybridized carbons (Fsp3) is 0.250. The Balaban J connectivity index is 3.74. The van der Waals surface area contributed by atoms with Crippen LogP contribution < -0.4 is 0 Å². The van der Waals surface area contributed by atoms with Crippen LogP contribution in [-0.2, 0) is 0 Å². The standard InChI is InChI=1S/C8H8/c1-4-6-7-8(3)5-2/h1H,3,5H2,2H3. The number of terminal acetylenes is 1. The Bertz CT molecular complexity index is 168.